The average Bonchev–Trinajstić information content (AvgIpc) is 3.12. The Hall–Kier alpha value is -2.70. The minimum atomic E-state index is -1.67. The Kier molecular flexibility index (Phi) is 10.9. The second-order valence-corrected chi connectivity index (χ2v) is 8.56. The molecule has 16 heteroatoms. The van der Waals surface area contributed by atoms with Crippen LogP contribution in [0.2, 0.25) is 0 Å². The number of amides is 1. The molecule has 6 unspecified atom stereocenters. The largest absolute Gasteiger partial charge is 0.480 e. The fourth-order valence-corrected chi connectivity index (χ4v) is 4.17. The van der Waals surface area contributed by atoms with Crippen LogP contribution >= 0.6 is 0 Å². The first-order valence-electron chi connectivity index (χ1n) is 11.4. The van der Waals surface area contributed by atoms with Crippen molar-refractivity contribution >= 4 is 11.9 Å². The number of aromatic amines is 1. The zero-order chi connectivity index (χ0) is 28.0. The molecule has 7 N–H and O–H groups in total. The van der Waals surface area contributed by atoms with Crippen molar-refractivity contribution < 1.29 is 44.2 Å². The quantitative estimate of drug-likeness (QED) is 0.119. The highest BCUT2D eigenvalue weighted by atomic mass is 16.7. The van der Waals surface area contributed by atoms with Gasteiger partial charge >= 0.3 is 11.7 Å². The first kappa shape index (κ1) is 30.5. The van der Waals surface area contributed by atoms with Crippen LogP contribution in [0.1, 0.15) is 13.2 Å². The van der Waals surface area contributed by atoms with E-state index in [2.05, 4.69) is 10.6 Å². The summed E-state index contributed by atoms with van der Waals surface area (Å²) in [5.41, 5.74) is -1.58. The van der Waals surface area contributed by atoms with E-state index in [0.29, 0.717) is 0 Å². The average molecular weight is 534 g/mol. The van der Waals surface area contributed by atoms with Gasteiger partial charge in [0.1, 0.15) is 36.5 Å². The monoisotopic (exact) mass is 533 g/mol. The summed E-state index contributed by atoms with van der Waals surface area (Å²) in [7, 11) is 5.45. The van der Waals surface area contributed by atoms with Crippen molar-refractivity contribution in [2.45, 2.75) is 62.0 Å². The van der Waals surface area contributed by atoms with Gasteiger partial charge in [-0.25, -0.2) is 4.79 Å². The molecule has 9 atom stereocenters. The van der Waals surface area contributed by atoms with Gasteiger partial charge in [-0.15, -0.1) is 0 Å². The maximum absolute atomic E-state index is 13.0. The van der Waals surface area contributed by atoms with E-state index >= 15 is 0 Å². The van der Waals surface area contributed by atoms with E-state index in [1.165, 1.54) is 40.1 Å². The number of likely N-dealkylation sites (N-methyl/N-ethyl adjacent to an activating group) is 3. The number of aliphatic carboxylic acids is 1. The lowest BCUT2D eigenvalue weighted by Gasteiger charge is -2.38. The van der Waals surface area contributed by atoms with Crippen molar-refractivity contribution in [2.75, 3.05) is 34.8 Å². The Labute approximate surface area is 211 Å². The van der Waals surface area contributed by atoms with Crippen LogP contribution in [-0.2, 0) is 23.8 Å². The maximum atomic E-state index is 13.0. The third kappa shape index (κ3) is 6.99. The molecule has 2 rings (SSSR count). The number of methoxy groups -OCH3 is 1. The molecule has 0 bridgehead atoms. The molecule has 0 radical (unpaired) electrons. The van der Waals surface area contributed by atoms with E-state index in [1.807, 2.05) is 4.98 Å². The van der Waals surface area contributed by atoms with Crippen LogP contribution in [0.15, 0.2) is 21.9 Å². The summed E-state index contributed by atoms with van der Waals surface area (Å²) in [6, 6.07) is -1.63. The molecule has 1 saturated heterocycles. The minimum Gasteiger partial charge on any atom is -0.480 e. The maximum Gasteiger partial charge on any atom is 0.330 e. The van der Waals surface area contributed by atoms with Crippen LogP contribution in [0.3, 0.4) is 0 Å². The number of H-pyrrole nitrogens is 1. The summed E-state index contributed by atoms with van der Waals surface area (Å²) in [4.78, 5) is 51.5. The molecule has 1 aliphatic rings. The van der Waals surface area contributed by atoms with E-state index in [9.17, 15) is 39.6 Å². The fraction of sp³-hybridized carbons (Fsp3) is 0.714. The lowest BCUT2D eigenvalue weighted by atomic mass is 9.97. The summed E-state index contributed by atoms with van der Waals surface area (Å²) in [6.07, 6.45) is -8.89. The molecule has 37 heavy (non-hydrogen) atoms. The number of nitrogens with zero attached hydrogens (tertiary/aromatic N) is 2. The van der Waals surface area contributed by atoms with Gasteiger partial charge in [-0.1, -0.05) is 0 Å². The number of ether oxygens (including phenoxy) is 3. The number of aromatic nitrogens is 2. The van der Waals surface area contributed by atoms with Crippen molar-refractivity contribution in [3.63, 3.8) is 0 Å². The topological polar surface area (TPSA) is 225 Å². The van der Waals surface area contributed by atoms with E-state index < -0.39 is 78.2 Å². The summed E-state index contributed by atoms with van der Waals surface area (Å²) in [5.74, 6) is -1.96. The number of aliphatic hydroxyl groups excluding tert-OH is 3. The number of hydrogen-bond donors (Lipinski definition) is 7. The highest BCUT2D eigenvalue weighted by molar-refractivity contribution is 5.82. The zero-order valence-electron chi connectivity index (χ0n) is 21.1. The summed E-state index contributed by atoms with van der Waals surface area (Å²) >= 11 is 0. The number of carbonyl (C=O) groups is 2. The molecular formula is C21H35N5O11. The van der Waals surface area contributed by atoms with Gasteiger partial charge < -0.3 is 45.3 Å². The third-order valence-electron chi connectivity index (χ3n) is 6.14. The molecule has 1 aromatic heterocycles. The number of hydrogen-bond acceptors (Lipinski definition) is 12. The van der Waals surface area contributed by atoms with Crippen LogP contribution in [-0.4, -0.2) is 130 Å². The normalized spacial score (nSPS) is 25.9. The molecule has 0 aliphatic carbocycles. The second kappa shape index (κ2) is 13.2. The second-order valence-electron chi connectivity index (χ2n) is 8.56. The molecule has 210 valence electrons. The smallest absolute Gasteiger partial charge is 0.330 e. The molecule has 1 aromatic rings. The van der Waals surface area contributed by atoms with Gasteiger partial charge in [0, 0.05) is 33.0 Å². The van der Waals surface area contributed by atoms with Crippen molar-refractivity contribution in [2.24, 2.45) is 0 Å². The summed E-state index contributed by atoms with van der Waals surface area (Å²) < 4.78 is 17.7. The highest BCUT2D eigenvalue weighted by Gasteiger charge is 2.52. The van der Waals surface area contributed by atoms with E-state index in [1.54, 1.807) is 0 Å². The molecule has 0 saturated carbocycles. The number of rotatable bonds is 13. The van der Waals surface area contributed by atoms with Gasteiger partial charge in [0.25, 0.3) is 5.56 Å². The molecule has 1 amide bonds. The number of carboxylic acid groups (broad SMARTS) is 1. The lowest BCUT2D eigenvalue weighted by molar-refractivity contribution is -0.207. The first-order valence-corrected chi connectivity index (χ1v) is 11.4. The fourth-order valence-electron chi connectivity index (χ4n) is 4.17. The zero-order valence-corrected chi connectivity index (χ0v) is 21.1. The molecule has 0 aromatic carbocycles. The van der Waals surface area contributed by atoms with Gasteiger partial charge in [-0.3, -0.25) is 28.8 Å². The van der Waals surface area contributed by atoms with Crippen LogP contribution in [0.4, 0.5) is 0 Å². The van der Waals surface area contributed by atoms with Crippen LogP contribution in [0, 0.1) is 0 Å². The van der Waals surface area contributed by atoms with E-state index in [-0.39, 0.29) is 6.54 Å². The van der Waals surface area contributed by atoms with Crippen LogP contribution in [0.25, 0.3) is 0 Å². The molecule has 2 heterocycles. The Morgan fingerprint density at radius 3 is 2.43 bits per heavy atom. The van der Waals surface area contributed by atoms with Crippen molar-refractivity contribution in [1.82, 2.24) is 25.1 Å². The van der Waals surface area contributed by atoms with Crippen molar-refractivity contribution in [3.05, 3.63) is 33.1 Å². The Bertz CT molecular complexity index is 1030. The molecule has 0 spiro atoms. The van der Waals surface area contributed by atoms with E-state index in [0.717, 1.165) is 16.8 Å². The van der Waals surface area contributed by atoms with Gasteiger partial charge in [-0.2, -0.15) is 0 Å². The Balaban J connectivity index is 2.47. The first-order chi connectivity index (χ1) is 17.4. The molecule has 16 nitrogen and oxygen atoms in total. The Morgan fingerprint density at radius 2 is 1.92 bits per heavy atom. The van der Waals surface area contributed by atoms with Crippen LogP contribution < -0.4 is 21.9 Å². The number of carbonyl (C=O) groups excluding carboxylic acids is 1. The van der Waals surface area contributed by atoms with E-state index in [4.69, 9.17) is 14.2 Å². The Morgan fingerprint density at radius 1 is 1.27 bits per heavy atom. The lowest BCUT2D eigenvalue weighted by Crippen LogP contribution is -2.61. The molecule has 1 fully saturated rings. The number of aliphatic hydroxyl groups is 3. The predicted octanol–water partition coefficient (Wildman–Crippen LogP) is -4.39. The number of carboxylic acids is 1. The van der Waals surface area contributed by atoms with Gasteiger partial charge in [-0.05, 0) is 21.0 Å². The SMILES string of the molecule is CNC(=O)[C@H](C(OC(C)OC)C1OC(n2ccc(=O)[nH]c2=O)C(O)C1O)N(C)C[C@H](O)[C@H](NC)C(=O)O. The molecular weight excluding hydrogens is 498 g/mol. The summed E-state index contributed by atoms with van der Waals surface area (Å²) in [6.45, 7) is 1.18. The van der Waals surface area contributed by atoms with Crippen molar-refractivity contribution in [3.8, 4) is 0 Å². The van der Waals surface area contributed by atoms with Crippen LogP contribution in [0.5, 0.6) is 0 Å². The van der Waals surface area contributed by atoms with Gasteiger partial charge in [0.2, 0.25) is 5.91 Å². The van der Waals surface area contributed by atoms with Gasteiger partial charge in [0.15, 0.2) is 12.5 Å². The number of nitrogens with one attached hydrogen (secondary N) is 3. The van der Waals surface area contributed by atoms with Crippen molar-refractivity contribution in [1.29, 1.82) is 0 Å². The standard InChI is InChI=1S/C21H35N5O11/c1-9(35-5)36-16(13(18(31)23-3)25(4)8-10(27)12(22-2)20(32)33)17-14(29)15(30)19(37-17)26-7-6-11(28)24-21(26)34/h6-7,9-10,12-17,19,22,27,29-30H,8H2,1-5H3,(H,23,31)(H,32,33)(H,24,28,34)/t9?,10-,12-,13-,14?,15?,16?,17?,19?/m0/s1. The minimum absolute atomic E-state index is 0.328. The van der Waals surface area contributed by atoms with Gasteiger partial charge in [0.05, 0.1) is 6.10 Å². The third-order valence-corrected chi connectivity index (χ3v) is 6.14. The predicted molar refractivity (Wildman–Crippen MR) is 126 cm³/mol. The molecule has 1 aliphatic heterocycles. The summed E-state index contributed by atoms with van der Waals surface area (Å²) in [5, 5.41) is 46.3. The highest BCUT2D eigenvalue weighted by Crippen LogP contribution is 2.33.